The average Bonchev–Trinajstić information content (AvgIpc) is 2.61. The molecule has 0 spiro atoms. The molecule has 128 valence electrons. The van der Waals surface area contributed by atoms with E-state index >= 15 is 0 Å². The van der Waals surface area contributed by atoms with Gasteiger partial charge < -0.3 is 15.5 Å². The first-order valence-electron chi connectivity index (χ1n) is 8.54. The number of carbonyl (C=O) groups is 1. The summed E-state index contributed by atoms with van der Waals surface area (Å²) in [7, 11) is 0. The van der Waals surface area contributed by atoms with Gasteiger partial charge in [-0.25, -0.2) is 0 Å². The number of hydrogen-bond acceptors (Lipinski definition) is 3. The summed E-state index contributed by atoms with van der Waals surface area (Å²) in [6.45, 7) is 9.17. The minimum Gasteiger partial charge on any atom is -0.376 e. The Hall–Kier alpha value is -2.49. The molecule has 24 heavy (non-hydrogen) atoms. The lowest BCUT2D eigenvalue weighted by molar-refractivity contribution is -0.119. The summed E-state index contributed by atoms with van der Waals surface area (Å²) < 4.78 is 0. The molecule has 0 heterocycles. The van der Waals surface area contributed by atoms with Gasteiger partial charge in [0.05, 0.1) is 6.54 Å². The Morgan fingerprint density at radius 3 is 2.29 bits per heavy atom. The van der Waals surface area contributed by atoms with E-state index in [2.05, 4.69) is 54.5 Å². The van der Waals surface area contributed by atoms with Gasteiger partial charge in [0.15, 0.2) is 0 Å². The van der Waals surface area contributed by atoms with Gasteiger partial charge in [-0.1, -0.05) is 24.3 Å². The standard InChI is InChI=1S/C20H27N3O/c1-4-23(5-2)19-12-10-18(11-13-19)21-15-20(24)22-14-17-9-7-6-8-16(17)3/h6-13,21H,4-5,14-15H2,1-3H3,(H,22,24). The van der Waals surface area contributed by atoms with E-state index in [4.69, 9.17) is 0 Å². The third-order valence-corrected chi connectivity index (χ3v) is 4.19. The first-order valence-corrected chi connectivity index (χ1v) is 8.54. The van der Waals surface area contributed by atoms with E-state index < -0.39 is 0 Å². The zero-order valence-electron chi connectivity index (χ0n) is 14.8. The molecule has 2 aromatic rings. The molecule has 0 aliphatic carbocycles. The monoisotopic (exact) mass is 325 g/mol. The van der Waals surface area contributed by atoms with E-state index in [9.17, 15) is 4.79 Å². The van der Waals surface area contributed by atoms with E-state index in [1.54, 1.807) is 0 Å². The van der Waals surface area contributed by atoms with Crippen molar-refractivity contribution in [2.75, 3.05) is 29.9 Å². The fourth-order valence-electron chi connectivity index (χ4n) is 2.63. The van der Waals surface area contributed by atoms with E-state index in [1.165, 1.54) is 11.3 Å². The van der Waals surface area contributed by atoms with Crippen molar-refractivity contribution in [3.8, 4) is 0 Å². The van der Waals surface area contributed by atoms with Gasteiger partial charge in [0, 0.05) is 31.0 Å². The van der Waals surface area contributed by atoms with Gasteiger partial charge in [0.1, 0.15) is 0 Å². The van der Waals surface area contributed by atoms with Crippen molar-refractivity contribution in [3.63, 3.8) is 0 Å². The first-order chi connectivity index (χ1) is 11.6. The molecule has 0 fully saturated rings. The molecule has 0 atom stereocenters. The van der Waals surface area contributed by atoms with Crippen LogP contribution >= 0.6 is 0 Å². The van der Waals surface area contributed by atoms with Crippen LogP contribution in [0.15, 0.2) is 48.5 Å². The summed E-state index contributed by atoms with van der Waals surface area (Å²) in [5.41, 5.74) is 4.50. The van der Waals surface area contributed by atoms with Crippen molar-refractivity contribution in [2.24, 2.45) is 0 Å². The van der Waals surface area contributed by atoms with Gasteiger partial charge >= 0.3 is 0 Å². The molecule has 0 aromatic heterocycles. The van der Waals surface area contributed by atoms with Crippen LogP contribution in [0.4, 0.5) is 11.4 Å². The van der Waals surface area contributed by atoms with Crippen LogP contribution in [0.2, 0.25) is 0 Å². The Bertz CT molecular complexity index is 648. The first kappa shape index (κ1) is 17.9. The number of anilines is 2. The number of nitrogens with zero attached hydrogens (tertiary/aromatic N) is 1. The third-order valence-electron chi connectivity index (χ3n) is 4.19. The highest BCUT2D eigenvalue weighted by molar-refractivity contribution is 5.80. The number of carbonyl (C=O) groups excluding carboxylic acids is 1. The van der Waals surface area contributed by atoms with Crippen LogP contribution in [0.1, 0.15) is 25.0 Å². The van der Waals surface area contributed by atoms with Crippen LogP contribution in [0.3, 0.4) is 0 Å². The lowest BCUT2D eigenvalue weighted by Crippen LogP contribution is -2.29. The summed E-state index contributed by atoms with van der Waals surface area (Å²) in [5, 5.41) is 6.12. The average molecular weight is 325 g/mol. The van der Waals surface area contributed by atoms with E-state index in [-0.39, 0.29) is 12.5 Å². The molecule has 0 saturated carbocycles. The minimum absolute atomic E-state index is 0.00827. The fraction of sp³-hybridized carbons (Fsp3) is 0.350. The zero-order chi connectivity index (χ0) is 17.4. The Kier molecular flexibility index (Phi) is 6.67. The topological polar surface area (TPSA) is 44.4 Å². The number of aryl methyl sites for hydroxylation is 1. The number of nitrogens with one attached hydrogen (secondary N) is 2. The largest absolute Gasteiger partial charge is 0.376 e. The van der Waals surface area contributed by atoms with Crippen molar-refractivity contribution >= 4 is 17.3 Å². The minimum atomic E-state index is -0.00827. The molecule has 2 N–H and O–H groups in total. The normalized spacial score (nSPS) is 10.3. The van der Waals surface area contributed by atoms with E-state index in [1.807, 2.05) is 30.3 Å². The predicted octanol–water partition coefficient (Wildman–Crippen LogP) is 3.57. The SMILES string of the molecule is CCN(CC)c1ccc(NCC(=O)NCc2ccccc2C)cc1. The Labute approximate surface area is 144 Å². The Morgan fingerprint density at radius 1 is 1.00 bits per heavy atom. The molecule has 0 aliphatic heterocycles. The molecule has 4 heteroatoms. The van der Waals surface area contributed by atoms with Crippen LogP contribution < -0.4 is 15.5 Å². The molecule has 2 aromatic carbocycles. The van der Waals surface area contributed by atoms with Crippen LogP contribution in [0, 0.1) is 6.92 Å². The summed E-state index contributed by atoms with van der Waals surface area (Å²) >= 11 is 0. The molecule has 2 rings (SSSR count). The van der Waals surface area contributed by atoms with Gasteiger partial charge in [0.2, 0.25) is 5.91 Å². The molecule has 0 aliphatic rings. The van der Waals surface area contributed by atoms with Crippen LogP contribution in [0.25, 0.3) is 0 Å². The molecule has 0 unspecified atom stereocenters. The highest BCUT2D eigenvalue weighted by Gasteiger charge is 2.04. The van der Waals surface area contributed by atoms with Crippen LogP contribution in [-0.4, -0.2) is 25.5 Å². The second-order valence-electron chi connectivity index (χ2n) is 5.78. The summed E-state index contributed by atoms with van der Waals surface area (Å²) in [5.74, 6) is -0.00827. The maximum Gasteiger partial charge on any atom is 0.239 e. The maximum atomic E-state index is 12.0. The molecule has 4 nitrogen and oxygen atoms in total. The second-order valence-corrected chi connectivity index (χ2v) is 5.78. The quantitative estimate of drug-likeness (QED) is 0.780. The summed E-state index contributed by atoms with van der Waals surface area (Å²) in [6, 6.07) is 16.3. The smallest absolute Gasteiger partial charge is 0.239 e. The summed E-state index contributed by atoms with van der Waals surface area (Å²) in [6.07, 6.45) is 0. The molecule has 0 bridgehead atoms. The molecular formula is C20H27N3O. The highest BCUT2D eigenvalue weighted by Crippen LogP contribution is 2.17. The Morgan fingerprint density at radius 2 is 1.67 bits per heavy atom. The molecule has 0 saturated heterocycles. The Balaban J connectivity index is 1.80. The third kappa shape index (κ3) is 5.01. The molecule has 1 amide bonds. The number of amides is 1. The van der Waals surface area contributed by atoms with E-state index in [0.717, 1.165) is 24.3 Å². The van der Waals surface area contributed by atoms with Crippen LogP contribution in [0.5, 0.6) is 0 Å². The fourth-order valence-corrected chi connectivity index (χ4v) is 2.63. The van der Waals surface area contributed by atoms with Crippen molar-refractivity contribution in [3.05, 3.63) is 59.7 Å². The van der Waals surface area contributed by atoms with Gasteiger partial charge in [-0.2, -0.15) is 0 Å². The lowest BCUT2D eigenvalue weighted by atomic mass is 10.1. The van der Waals surface area contributed by atoms with Gasteiger partial charge in [0.25, 0.3) is 0 Å². The van der Waals surface area contributed by atoms with Crippen LogP contribution in [-0.2, 0) is 11.3 Å². The number of rotatable bonds is 8. The van der Waals surface area contributed by atoms with Gasteiger partial charge in [-0.3, -0.25) is 4.79 Å². The van der Waals surface area contributed by atoms with Crippen molar-refractivity contribution in [2.45, 2.75) is 27.3 Å². The number of benzene rings is 2. The second kappa shape index (κ2) is 8.96. The maximum absolute atomic E-state index is 12.0. The van der Waals surface area contributed by atoms with Crippen molar-refractivity contribution < 1.29 is 4.79 Å². The molecular weight excluding hydrogens is 298 g/mol. The lowest BCUT2D eigenvalue weighted by Gasteiger charge is -2.21. The number of hydrogen-bond donors (Lipinski definition) is 2. The zero-order valence-corrected chi connectivity index (χ0v) is 14.8. The van der Waals surface area contributed by atoms with Gasteiger partial charge in [-0.05, 0) is 56.2 Å². The highest BCUT2D eigenvalue weighted by atomic mass is 16.1. The van der Waals surface area contributed by atoms with Crippen molar-refractivity contribution in [1.82, 2.24) is 5.32 Å². The summed E-state index contributed by atoms with van der Waals surface area (Å²) in [4.78, 5) is 14.3. The van der Waals surface area contributed by atoms with E-state index in [0.29, 0.717) is 6.54 Å². The molecule has 0 radical (unpaired) electrons. The van der Waals surface area contributed by atoms with Crippen molar-refractivity contribution in [1.29, 1.82) is 0 Å². The van der Waals surface area contributed by atoms with Gasteiger partial charge in [-0.15, -0.1) is 0 Å². The predicted molar refractivity (Wildman–Crippen MR) is 102 cm³/mol.